The van der Waals surface area contributed by atoms with Gasteiger partial charge in [0.15, 0.2) is 11.5 Å². The quantitative estimate of drug-likeness (QED) is 0.785. The molecular weight excluding hydrogens is 372 g/mol. The van der Waals surface area contributed by atoms with E-state index in [0.29, 0.717) is 17.2 Å². The van der Waals surface area contributed by atoms with Crippen molar-refractivity contribution >= 4 is 27.5 Å². The predicted octanol–water partition coefficient (Wildman–Crippen LogP) is 3.86. The van der Waals surface area contributed by atoms with Gasteiger partial charge in [-0.1, -0.05) is 35.0 Å². The van der Waals surface area contributed by atoms with Gasteiger partial charge in [0.1, 0.15) is 0 Å². The fraction of sp³-hybridized carbons (Fsp3) is 0.278. The van der Waals surface area contributed by atoms with Crippen molar-refractivity contribution in [2.75, 3.05) is 18.7 Å². The normalized spacial score (nSPS) is 13.6. The molecule has 0 unspecified atom stereocenters. The van der Waals surface area contributed by atoms with E-state index in [-0.39, 0.29) is 25.3 Å². The van der Waals surface area contributed by atoms with Gasteiger partial charge < -0.3 is 20.1 Å². The summed E-state index contributed by atoms with van der Waals surface area (Å²) in [6.45, 7) is 2.55. The van der Waals surface area contributed by atoms with E-state index in [1.165, 1.54) is 0 Å². The zero-order valence-electron chi connectivity index (χ0n) is 13.3. The van der Waals surface area contributed by atoms with Gasteiger partial charge in [-0.3, -0.25) is 4.79 Å². The predicted molar refractivity (Wildman–Crippen MR) is 96.4 cm³/mol. The number of hydrogen-bond donors (Lipinski definition) is 2. The molecule has 3 rings (SSSR count). The molecular formula is C18H19BrN2O3. The summed E-state index contributed by atoms with van der Waals surface area (Å²) in [5, 5.41) is 6.16. The molecule has 0 saturated carbocycles. The maximum atomic E-state index is 12.2. The van der Waals surface area contributed by atoms with Crippen LogP contribution >= 0.6 is 15.9 Å². The molecule has 1 aliphatic heterocycles. The Bertz CT molecular complexity index is 719. The molecule has 1 heterocycles. The first-order valence-electron chi connectivity index (χ1n) is 7.84. The highest BCUT2D eigenvalue weighted by molar-refractivity contribution is 9.10. The number of carbonyl (C=O) groups excluding carboxylic acids is 1. The van der Waals surface area contributed by atoms with Gasteiger partial charge in [-0.25, -0.2) is 0 Å². The van der Waals surface area contributed by atoms with Crippen molar-refractivity contribution in [2.24, 2.45) is 0 Å². The number of halogens is 1. The Kier molecular flexibility index (Phi) is 5.37. The Hall–Kier alpha value is -2.05. The van der Waals surface area contributed by atoms with E-state index < -0.39 is 0 Å². The maximum absolute atomic E-state index is 12.2. The topological polar surface area (TPSA) is 59.6 Å². The minimum atomic E-state index is -0.0931. The average Bonchev–Trinajstić information content (AvgIpc) is 3.04. The molecule has 2 N–H and O–H groups in total. The van der Waals surface area contributed by atoms with Crippen LogP contribution in [0.3, 0.4) is 0 Å². The molecule has 0 aliphatic carbocycles. The summed E-state index contributed by atoms with van der Waals surface area (Å²) in [4.78, 5) is 12.2. The van der Waals surface area contributed by atoms with Crippen LogP contribution in [-0.4, -0.2) is 19.2 Å². The van der Waals surface area contributed by atoms with Crippen LogP contribution in [0.4, 0.5) is 5.69 Å². The van der Waals surface area contributed by atoms with Gasteiger partial charge in [-0.15, -0.1) is 0 Å². The third kappa shape index (κ3) is 4.07. The standard InChI is InChI=1S/C18H19BrN2O3/c1-2-15(12-3-5-13(19)6-4-12)20-10-18(22)21-14-7-8-16-17(9-14)24-11-23-16/h3-9,15,20H,2,10-11H2,1H3,(H,21,22)/t15-/m0/s1. The number of benzene rings is 2. The molecule has 0 radical (unpaired) electrons. The second kappa shape index (κ2) is 7.68. The molecule has 1 atom stereocenters. The van der Waals surface area contributed by atoms with Crippen LogP contribution in [0.25, 0.3) is 0 Å². The first kappa shape index (κ1) is 16.8. The summed E-state index contributed by atoms with van der Waals surface area (Å²) in [6.07, 6.45) is 0.902. The van der Waals surface area contributed by atoms with E-state index in [2.05, 4.69) is 45.6 Å². The van der Waals surface area contributed by atoms with Crippen LogP contribution in [0.1, 0.15) is 24.9 Å². The lowest BCUT2D eigenvalue weighted by Gasteiger charge is -2.17. The highest BCUT2D eigenvalue weighted by Gasteiger charge is 2.15. The van der Waals surface area contributed by atoms with E-state index in [1.54, 1.807) is 18.2 Å². The number of ether oxygens (including phenoxy) is 2. The summed E-state index contributed by atoms with van der Waals surface area (Å²) in [6, 6.07) is 13.6. The van der Waals surface area contributed by atoms with Gasteiger partial charge in [0.2, 0.25) is 12.7 Å². The Labute approximate surface area is 149 Å². The molecule has 0 bridgehead atoms. The van der Waals surface area contributed by atoms with Crippen LogP contribution in [0.15, 0.2) is 46.9 Å². The van der Waals surface area contributed by atoms with E-state index in [4.69, 9.17) is 9.47 Å². The summed E-state index contributed by atoms with van der Waals surface area (Å²) in [5.74, 6) is 1.26. The molecule has 1 aliphatic rings. The number of amides is 1. The van der Waals surface area contributed by atoms with E-state index in [0.717, 1.165) is 16.5 Å². The van der Waals surface area contributed by atoms with Crippen LogP contribution in [0.2, 0.25) is 0 Å². The van der Waals surface area contributed by atoms with E-state index in [9.17, 15) is 4.79 Å². The van der Waals surface area contributed by atoms with Crippen molar-refractivity contribution in [2.45, 2.75) is 19.4 Å². The smallest absolute Gasteiger partial charge is 0.238 e. The fourth-order valence-electron chi connectivity index (χ4n) is 2.59. The number of rotatable bonds is 6. The Morgan fingerprint density at radius 3 is 2.67 bits per heavy atom. The summed E-state index contributed by atoms with van der Waals surface area (Å²) in [5.41, 5.74) is 1.86. The van der Waals surface area contributed by atoms with Crippen LogP contribution < -0.4 is 20.1 Å². The van der Waals surface area contributed by atoms with Crippen molar-refractivity contribution < 1.29 is 14.3 Å². The van der Waals surface area contributed by atoms with E-state index in [1.807, 2.05) is 12.1 Å². The molecule has 0 fully saturated rings. The number of hydrogen-bond acceptors (Lipinski definition) is 4. The highest BCUT2D eigenvalue weighted by Crippen LogP contribution is 2.34. The van der Waals surface area contributed by atoms with Crippen molar-refractivity contribution in [3.05, 3.63) is 52.5 Å². The zero-order valence-corrected chi connectivity index (χ0v) is 14.9. The number of anilines is 1. The summed E-state index contributed by atoms with van der Waals surface area (Å²) >= 11 is 3.43. The first-order chi connectivity index (χ1) is 11.7. The van der Waals surface area contributed by atoms with Crippen LogP contribution in [0, 0.1) is 0 Å². The molecule has 24 heavy (non-hydrogen) atoms. The Morgan fingerprint density at radius 1 is 1.17 bits per heavy atom. The molecule has 126 valence electrons. The maximum Gasteiger partial charge on any atom is 0.238 e. The second-order valence-electron chi connectivity index (χ2n) is 5.51. The van der Waals surface area contributed by atoms with E-state index >= 15 is 0 Å². The van der Waals surface area contributed by atoms with Gasteiger partial charge >= 0.3 is 0 Å². The van der Waals surface area contributed by atoms with Gasteiger partial charge in [-0.05, 0) is 36.2 Å². The zero-order chi connectivity index (χ0) is 16.9. The average molecular weight is 391 g/mol. The van der Waals surface area contributed by atoms with Gasteiger partial charge in [0.05, 0.1) is 6.54 Å². The van der Waals surface area contributed by atoms with Crippen molar-refractivity contribution in [1.29, 1.82) is 0 Å². The lowest BCUT2D eigenvalue weighted by molar-refractivity contribution is -0.115. The third-order valence-corrected chi connectivity index (χ3v) is 4.37. The fourth-order valence-corrected chi connectivity index (χ4v) is 2.85. The minimum absolute atomic E-state index is 0.0931. The largest absolute Gasteiger partial charge is 0.454 e. The van der Waals surface area contributed by atoms with Gasteiger partial charge in [0.25, 0.3) is 0 Å². The minimum Gasteiger partial charge on any atom is -0.454 e. The first-order valence-corrected chi connectivity index (χ1v) is 8.63. The Balaban J connectivity index is 1.55. The molecule has 1 amide bonds. The van der Waals surface area contributed by atoms with Crippen molar-refractivity contribution in [1.82, 2.24) is 5.32 Å². The molecule has 6 heteroatoms. The molecule has 2 aromatic rings. The lowest BCUT2D eigenvalue weighted by atomic mass is 10.0. The SMILES string of the molecule is CC[C@H](NCC(=O)Nc1ccc2c(c1)OCO2)c1ccc(Br)cc1. The van der Waals surface area contributed by atoms with Crippen LogP contribution in [-0.2, 0) is 4.79 Å². The number of fused-ring (bicyclic) bond motifs is 1. The van der Waals surface area contributed by atoms with Gasteiger partial charge in [-0.2, -0.15) is 0 Å². The molecule has 0 saturated heterocycles. The molecule has 2 aromatic carbocycles. The third-order valence-electron chi connectivity index (χ3n) is 3.85. The highest BCUT2D eigenvalue weighted by atomic mass is 79.9. The number of carbonyl (C=O) groups is 1. The summed E-state index contributed by atoms with van der Waals surface area (Å²) in [7, 11) is 0. The van der Waals surface area contributed by atoms with Crippen molar-refractivity contribution in [3.63, 3.8) is 0 Å². The Morgan fingerprint density at radius 2 is 1.92 bits per heavy atom. The summed E-state index contributed by atoms with van der Waals surface area (Å²) < 4.78 is 11.6. The van der Waals surface area contributed by atoms with Crippen LogP contribution in [0.5, 0.6) is 11.5 Å². The molecule has 5 nitrogen and oxygen atoms in total. The monoisotopic (exact) mass is 390 g/mol. The van der Waals surface area contributed by atoms with Crippen molar-refractivity contribution in [3.8, 4) is 11.5 Å². The number of nitrogens with one attached hydrogen (secondary N) is 2. The molecule has 0 spiro atoms. The lowest BCUT2D eigenvalue weighted by Crippen LogP contribution is -2.31. The second-order valence-corrected chi connectivity index (χ2v) is 6.43. The van der Waals surface area contributed by atoms with Gasteiger partial charge in [0, 0.05) is 22.3 Å². The molecule has 0 aromatic heterocycles.